The summed E-state index contributed by atoms with van der Waals surface area (Å²) in [5, 5.41) is 8.31. The average Bonchev–Trinajstić information content (AvgIpc) is 2.63. The number of aromatic nitrogens is 2. The molecule has 0 amide bonds. The second-order valence-corrected chi connectivity index (χ2v) is 5.86. The van der Waals surface area contributed by atoms with Crippen LogP contribution in [0.1, 0.15) is 32.0 Å². The van der Waals surface area contributed by atoms with E-state index in [2.05, 4.69) is 34.3 Å². The number of nitrogens with one attached hydrogen (secondary N) is 1. The molecule has 1 N–H and O–H groups in total. The maximum Gasteiger partial charge on any atom is 0.223 e. The Morgan fingerprint density at radius 1 is 1.53 bits per heavy atom. The van der Waals surface area contributed by atoms with Crippen LogP contribution in [0.25, 0.3) is 0 Å². The minimum absolute atomic E-state index is 0.160. The molecule has 1 saturated heterocycles. The lowest BCUT2D eigenvalue weighted by atomic mass is 10.0. The van der Waals surface area contributed by atoms with Gasteiger partial charge in [0.1, 0.15) is 0 Å². The molecule has 1 aromatic heterocycles. The van der Waals surface area contributed by atoms with Crippen LogP contribution in [0.3, 0.4) is 0 Å². The Morgan fingerprint density at radius 2 is 2.35 bits per heavy atom. The third-order valence-corrected chi connectivity index (χ3v) is 3.48. The first kappa shape index (κ1) is 12.4. The molecule has 6 heteroatoms. The van der Waals surface area contributed by atoms with Crippen molar-refractivity contribution in [1.29, 1.82) is 0 Å². The van der Waals surface area contributed by atoms with Crippen LogP contribution in [-0.2, 0) is 6.42 Å². The molecule has 0 unspecified atom stereocenters. The van der Waals surface area contributed by atoms with Crippen molar-refractivity contribution < 1.29 is 4.52 Å². The maximum atomic E-state index is 4.91. The van der Waals surface area contributed by atoms with Crippen molar-refractivity contribution >= 4 is 16.9 Å². The topological polar surface area (TPSA) is 63.3 Å². The summed E-state index contributed by atoms with van der Waals surface area (Å²) >= 11 is 1.78. The van der Waals surface area contributed by atoms with Gasteiger partial charge in [0.15, 0.2) is 11.0 Å². The highest BCUT2D eigenvalue weighted by Gasteiger charge is 2.23. The first-order valence-electron chi connectivity index (χ1n) is 5.80. The monoisotopic (exact) mass is 254 g/mol. The van der Waals surface area contributed by atoms with E-state index in [1.165, 1.54) is 6.42 Å². The third-order valence-electron chi connectivity index (χ3n) is 2.57. The summed E-state index contributed by atoms with van der Waals surface area (Å²) in [7, 11) is 0. The predicted octanol–water partition coefficient (Wildman–Crippen LogP) is 1.78. The number of hydrogen-bond donors (Lipinski definition) is 1. The van der Waals surface area contributed by atoms with Crippen molar-refractivity contribution in [3.8, 4) is 0 Å². The lowest BCUT2D eigenvalue weighted by molar-refractivity contribution is 0.387. The van der Waals surface area contributed by atoms with Crippen molar-refractivity contribution in [2.45, 2.75) is 39.2 Å². The standard InChI is InChI=1S/C11H18N4OS/c1-8-13-9(15-16-8)4-6-12-10-14-11(2,3)5-7-17-10/h4-7H2,1-3H3,(H,12,14). The Morgan fingerprint density at radius 3 is 3.00 bits per heavy atom. The lowest BCUT2D eigenvalue weighted by Crippen LogP contribution is -2.46. The molecule has 0 aliphatic carbocycles. The highest BCUT2D eigenvalue weighted by molar-refractivity contribution is 8.13. The number of aryl methyl sites for hydroxylation is 1. The molecule has 5 nitrogen and oxygen atoms in total. The average molecular weight is 254 g/mol. The van der Waals surface area contributed by atoms with E-state index in [4.69, 9.17) is 4.52 Å². The number of amidine groups is 1. The summed E-state index contributed by atoms with van der Waals surface area (Å²) in [6.07, 6.45) is 1.89. The molecule has 0 radical (unpaired) electrons. The summed E-state index contributed by atoms with van der Waals surface area (Å²) in [4.78, 5) is 8.68. The number of hydrogen-bond acceptors (Lipinski definition) is 5. The number of nitrogens with zero attached hydrogens (tertiary/aromatic N) is 3. The highest BCUT2D eigenvalue weighted by atomic mass is 32.2. The maximum absolute atomic E-state index is 4.91. The first-order chi connectivity index (χ1) is 8.05. The molecule has 1 fully saturated rings. The van der Waals surface area contributed by atoms with Gasteiger partial charge in [-0.15, -0.1) is 0 Å². The van der Waals surface area contributed by atoms with E-state index in [9.17, 15) is 0 Å². The smallest absolute Gasteiger partial charge is 0.223 e. The van der Waals surface area contributed by atoms with Gasteiger partial charge in [-0.2, -0.15) is 4.98 Å². The van der Waals surface area contributed by atoms with Crippen LogP contribution in [0.5, 0.6) is 0 Å². The van der Waals surface area contributed by atoms with E-state index < -0.39 is 0 Å². The molecule has 0 spiro atoms. The van der Waals surface area contributed by atoms with Crippen molar-refractivity contribution in [2.24, 2.45) is 4.99 Å². The SMILES string of the molecule is Cc1nc(CCN=C2NC(C)(C)CCS2)no1. The zero-order valence-corrected chi connectivity index (χ0v) is 11.3. The van der Waals surface area contributed by atoms with Gasteiger partial charge >= 0.3 is 0 Å². The molecular weight excluding hydrogens is 236 g/mol. The van der Waals surface area contributed by atoms with Gasteiger partial charge in [0, 0.05) is 31.2 Å². The lowest BCUT2D eigenvalue weighted by Gasteiger charge is -2.32. The van der Waals surface area contributed by atoms with Crippen LogP contribution in [0, 0.1) is 6.92 Å². The molecule has 0 bridgehead atoms. The molecule has 1 aliphatic rings. The largest absolute Gasteiger partial charge is 0.360 e. The van der Waals surface area contributed by atoms with E-state index in [0.717, 1.165) is 23.2 Å². The zero-order valence-electron chi connectivity index (χ0n) is 10.5. The Bertz CT molecular complexity index is 413. The van der Waals surface area contributed by atoms with Gasteiger partial charge < -0.3 is 9.84 Å². The van der Waals surface area contributed by atoms with Gasteiger partial charge in [0.2, 0.25) is 5.89 Å². The summed E-state index contributed by atoms with van der Waals surface area (Å²) in [5.74, 6) is 2.46. The quantitative estimate of drug-likeness (QED) is 0.891. The van der Waals surface area contributed by atoms with E-state index >= 15 is 0 Å². The molecule has 1 aliphatic heterocycles. The van der Waals surface area contributed by atoms with Crippen molar-refractivity contribution in [3.63, 3.8) is 0 Å². The normalized spacial score (nSPS) is 21.5. The van der Waals surface area contributed by atoms with Gasteiger partial charge in [-0.1, -0.05) is 16.9 Å². The molecular formula is C11H18N4OS. The first-order valence-corrected chi connectivity index (χ1v) is 6.78. The fourth-order valence-electron chi connectivity index (χ4n) is 1.58. The fraction of sp³-hybridized carbons (Fsp3) is 0.727. The van der Waals surface area contributed by atoms with Gasteiger partial charge in [-0.3, -0.25) is 4.99 Å². The van der Waals surface area contributed by atoms with Crippen molar-refractivity contribution in [3.05, 3.63) is 11.7 Å². The van der Waals surface area contributed by atoms with Crippen LogP contribution in [-0.4, -0.2) is 33.1 Å². The van der Waals surface area contributed by atoms with E-state index in [-0.39, 0.29) is 5.54 Å². The van der Waals surface area contributed by atoms with Crippen LogP contribution in [0.4, 0.5) is 0 Å². The molecule has 17 heavy (non-hydrogen) atoms. The summed E-state index contributed by atoms with van der Waals surface area (Å²) in [5.41, 5.74) is 0.160. The Kier molecular flexibility index (Phi) is 3.71. The number of thioether (sulfide) groups is 1. The highest BCUT2D eigenvalue weighted by Crippen LogP contribution is 2.21. The number of rotatable bonds is 3. The van der Waals surface area contributed by atoms with Gasteiger partial charge in [-0.05, 0) is 20.3 Å². The molecule has 94 valence electrons. The predicted molar refractivity (Wildman–Crippen MR) is 69.3 cm³/mol. The van der Waals surface area contributed by atoms with Gasteiger partial charge in [0.25, 0.3) is 0 Å². The molecule has 0 atom stereocenters. The zero-order chi connectivity index (χ0) is 12.3. The van der Waals surface area contributed by atoms with Gasteiger partial charge in [0.05, 0.1) is 0 Å². The van der Waals surface area contributed by atoms with Gasteiger partial charge in [-0.25, -0.2) is 0 Å². The van der Waals surface area contributed by atoms with Crippen molar-refractivity contribution in [2.75, 3.05) is 12.3 Å². The Labute approximate surface area is 105 Å². The van der Waals surface area contributed by atoms with Crippen molar-refractivity contribution in [1.82, 2.24) is 15.5 Å². The summed E-state index contributed by atoms with van der Waals surface area (Å²) in [6, 6.07) is 0. The van der Waals surface area contributed by atoms with Crippen LogP contribution < -0.4 is 5.32 Å². The van der Waals surface area contributed by atoms with Crippen LogP contribution >= 0.6 is 11.8 Å². The minimum atomic E-state index is 0.160. The number of aliphatic imine (C=N–C) groups is 1. The minimum Gasteiger partial charge on any atom is -0.360 e. The molecule has 1 aromatic rings. The molecule has 0 saturated carbocycles. The van der Waals surface area contributed by atoms with Crippen LogP contribution in [0.2, 0.25) is 0 Å². The Hall–Kier alpha value is -1.04. The second kappa shape index (κ2) is 5.08. The summed E-state index contributed by atoms with van der Waals surface area (Å²) < 4.78 is 4.91. The fourth-order valence-corrected chi connectivity index (χ4v) is 2.91. The molecule has 0 aromatic carbocycles. The Balaban J connectivity index is 1.84. The van der Waals surface area contributed by atoms with Crippen LogP contribution in [0.15, 0.2) is 9.52 Å². The summed E-state index contributed by atoms with van der Waals surface area (Å²) in [6.45, 7) is 6.89. The van der Waals surface area contributed by atoms with E-state index in [1.54, 1.807) is 18.7 Å². The third kappa shape index (κ3) is 3.73. The molecule has 2 heterocycles. The second-order valence-electron chi connectivity index (χ2n) is 4.77. The molecule has 2 rings (SSSR count). The van der Waals surface area contributed by atoms with E-state index in [0.29, 0.717) is 12.4 Å². The van der Waals surface area contributed by atoms with E-state index in [1.807, 2.05) is 0 Å².